The number of nitrogens with zero attached hydrogens (tertiary/aromatic N) is 2. The topological polar surface area (TPSA) is 60.9 Å². The van der Waals surface area contributed by atoms with Gasteiger partial charge in [-0.3, -0.25) is 9.36 Å². The predicted octanol–water partition coefficient (Wildman–Crippen LogP) is 4.79. The van der Waals surface area contributed by atoms with Crippen LogP contribution in [0, 0.1) is 18.8 Å². The van der Waals surface area contributed by atoms with Crippen LogP contribution in [0.15, 0.2) is 47.3 Å². The zero-order chi connectivity index (χ0) is 19.7. The molecule has 0 radical (unpaired) electrons. The van der Waals surface area contributed by atoms with Gasteiger partial charge in [-0.15, -0.1) is 0 Å². The summed E-state index contributed by atoms with van der Waals surface area (Å²) < 4.78 is 1.86. The molecular weight excluding hydrogens is 370 g/mol. The van der Waals surface area contributed by atoms with E-state index in [9.17, 15) is 4.79 Å². The van der Waals surface area contributed by atoms with E-state index >= 15 is 0 Å². The maximum Gasteiger partial charge on any atom is 0.261 e. The van der Waals surface area contributed by atoms with Crippen LogP contribution in [0.1, 0.15) is 31.2 Å². The molecule has 0 spiro atoms. The molecule has 0 aliphatic heterocycles. The molecule has 4 nitrogen and oxygen atoms in total. The number of aryl methyl sites for hydroxylation is 1. The van der Waals surface area contributed by atoms with Crippen molar-refractivity contribution in [3.63, 3.8) is 0 Å². The number of halogens is 1. The van der Waals surface area contributed by atoms with Crippen LogP contribution in [0.2, 0.25) is 5.02 Å². The van der Waals surface area contributed by atoms with Crippen LogP contribution in [0.4, 0.5) is 0 Å². The molecule has 4 rings (SSSR count). The number of benzene rings is 2. The van der Waals surface area contributed by atoms with Gasteiger partial charge in [-0.2, -0.15) is 0 Å². The molecular formula is C23H26ClN3O. The summed E-state index contributed by atoms with van der Waals surface area (Å²) in [6.07, 6.45) is 4.57. The molecule has 2 unspecified atom stereocenters. The summed E-state index contributed by atoms with van der Waals surface area (Å²) in [4.78, 5) is 18.3. The maximum absolute atomic E-state index is 13.4. The van der Waals surface area contributed by atoms with Gasteiger partial charge < -0.3 is 5.73 Å². The Labute approximate surface area is 170 Å². The Morgan fingerprint density at radius 2 is 2.00 bits per heavy atom. The smallest absolute Gasteiger partial charge is 0.261 e. The molecule has 5 heteroatoms. The molecule has 1 fully saturated rings. The number of fused-ring (bicyclic) bond motifs is 1. The quantitative estimate of drug-likeness (QED) is 0.690. The lowest BCUT2D eigenvalue weighted by molar-refractivity contribution is 0.246. The standard InChI is InChI=1S/C23H26ClN3O/c1-15-4-2-7-18(10-15)22-26-21-9-8-19(24)12-20(21)23(28)27(22)14-17-6-3-5-16(11-17)13-25/h2,4,7-10,12,16-17H,3,5-6,11,13-14,25H2,1H3. The van der Waals surface area contributed by atoms with Gasteiger partial charge in [0.2, 0.25) is 0 Å². The third-order valence-electron chi connectivity index (χ3n) is 5.86. The summed E-state index contributed by atoms with van der Waals surface area (Å²) in [5, 5.41) is 1.14. The Balaban J connectivity index is 1.85. The molecule has 0 bridgehead atoms. The number of hydrogen-bond donors (Lipinski definition) is 1. The van der Waals surface area contributed by atoms with Crippen molar-refractivity contribution in [3.8, 4) is 11.4 Å². The highest BCUT2D eigenvalue weighted by Gasteiger charge is 2.23. The summed E-state index contributed by atoms with van der Waals surface area (Å²) >= 11 is 6.16. The maximum atomic E-state index is 13.4. The van der Waals surface area contributed by atoms with Gasteiger partial charge in [0.15, 0.2) is 0 Å². The molecule has 1 heterocycles. The third-order valence-corrected chi connectivity index (χ3v) is 6.09. The molecule has 0 saturated heterocycles. The van der Waals surface area contributed by atoms with E-state index in [1.165, 1.54) is 12.8 Å². The highest BCUT2D eigenvalue weighted by Crippen LogP contribution is 2.31. The summed E-state index contributed by atoms with van der Waals surface area (Å²) in [5.74, 6) is 1.74. The zero-order valence-corrected chi connectivity index (χ0v) is 17.0. The van der Waals surface area contributed by atoms with Crippen molar-refractivity contribution < 1.29 is 0 Å². The minimum atomic E-state index is -0.0149. The molecule has 3 aromatic rings. The summed E-state index contributed by atoms with van der Waals surface area (Å²) in [7, 11) is 0. The lowest BCUT2D eigenvalue weighted by Crippen LogP contribution is -2.30. The van der Waals surface area contributed by atoms with Gasteiger partial charge in [0, 0.05) is 17.1 Å². The minimum absolute atomic E-state index is 0.0149. The fourth-order valence-corrected chi connectivity index (χ4v) is 4.58. The van der Waals surface area contributed by atoms with Crippen LogP contribution >= 0.6 is 11.6 Å². The Kier molecular flexibility index (Phi) is 5.51. The van der Waals surface area contributed by atoms with Gasteiger partial charge >= 0.3 is 0 Å². The molecule has 2 aromatic carbocycles. The fourth-order valence-electron chi connectivity index (χ4n) is 4.41. The zero-order valence-electron chi connectivity index (χ0n) is 16.2. The van der Waals surface area contributed by atoms with Crippen molar-refractivity contribution in [2.45, 2.75) is 39.2 Å². The number of hydrogen-bond acceptors (Lipinski definition) is 3. The lowest BCUT2D eigenvalue weighted by atomic mass is 9.81. The van der Waals surface area contributed by atoms with Crippen molar-refractivity contribution in [2.75, 3.05) is 6.54 Å². The molecule has 146 valence electrons. The Morgan fingerprint density at radius 3 is 2.79 bits per heavy atom. The van der Waals surface area contributed by atoms with Crippen LogP contribution in [0.3, 0.4) is 0 Å². The van der Waals surface area contributed by atoms with Crippen molar-refractivity contribution in [3.05, 3.63) is 63.4 Å². The van der Waals surface area contributed by atoms with Crippen molar-refractivity contribution in [1.29, 1.82) is 0 Å². The first-order valence-corrected chi connectivity index (χ1v) is 10.4. The van der Waals surface area contributed by atoms with E-state index in [1.807, 2.05) is 22.8 Å². The predicted molar refractivity (Wildman–Crippen MR) is 116 cm³/mol. The number of aromatic nitrogens is 2. The van der Waals surface area contributed by atoms with E-state index in [0.29, 0.717) is 34.3 Å². The first-order chi connectivity index (χ1) is 13.5. The Bertz CT molecular complexity index is 1060. The van der Waals surface area contributed by atoms with E-state index < -0.39 is 0 Å². The molecule has 2 atom stereocenters. The second kappa shape index (κ2) is 8.06. The average molecular weight is 396 g/mol. The summed E-state index contributed by atoms with van der Waals surface area (Å²) in [6.45, 7) is 3.45. The van der Waals surface area contributed by atoms with Crippen LogP contribution in [-0.4, -0.2) is 16.1 Å². The van der Waals surface area contributed by atoms with Crippen LogP contribution in [0.5, 0.6) is 0 Å². The molecule has 0 amide bonds. The molecule has 28 heavy (non-hydrogen) atoms. The second-order valence-electron chi connectivity index (χ2n) is 8.02. The molecule has 1 aliphatic carbocycles. The number of rotatable bonds is 4. The van der Waals surface area contributed by atoms with Crippen molar-refractivity contribution in [1.82, 2.24) is 9.55 Å². The highest BCUT2D eigenvalue weighted by atomic mass is 35.5. The third kappa shape index (κ3) is 3.85. The lowest BCUT2D eigenvalue weighted by Gasteiger charge is -2.29. The van der Waals surface area contributed by atoms with Gasteiger partial charge in [0.1, 0.15) is 5.82 Å². The van der Waals surface area contributed by atoms with Gasteiger partial charge in [0.25, 0.3) is 5.56 Å². The van der Waals surface area contributed by atoms with E-state index in [1.54, 1.807) is 12.1 Å². The van der Waals surface area contributed by atoms with Crippen LogP contribution in [-0.2, 0) is 6.54 Å². The van der Waals surface area contributed by atoms with Crippen LogP contribution in [0.25, 0.3) is 22.3 Å². The van der Waals surface area contributed by atoms with E-state index in [-0.39, 0.29) is 5.56 Å². The first-order valence-electron chi connectivity index (χ1n) is 10.0. The first kappa shape index (κ1) is 19.2. The molecule has 1 saturated carbocycles. The molecule has 1 aromatic heterocycles. The van der Waals surface area contributed by atoms with Crippen LogP contribution < -0.4 is 11.3 Å². The Hall–Kier alpha value is -2.17. The van der Waals surface area contributed by atoms with Gasteiger partial charge in [-0.05, 0) is 68.8 Å². The second-order valence-corrected chi connectivity index (χ2v) is 8.45. The monoisotopic (exact) mass is 395 g/mol. The normalized spacial score (nSPS) is 19.8. The molecule has 1 aliphatic rings. The minimum Gasteiger partial charge on any atom is -0.330 e. The SMILES string of the molecule is Cc1cccc(-c2nc3ccc(Cl)cc3c(=O)n2CC2CCCC(CN)C2)c1. The largest absolute Gasteiger partial charge is 0.330 e. The average Bonchev–Trinajstić information content (AvgIpc) is 2.70. The van der Waals surface area contributed by atoms with Gasteiger partial charge in [0.05, 0.1) is 10.9 Å². The van der Waals surface area contributed by atoms with Crippen molar-refractivity contribution in [2.24, 2.45) is 17.6 Å². The number of nitrogens with two attached hydrogens (primary N) is 1. The van der Waals surface area contributed by atoms with Gasteiger partial charge in [-0.1, -0.05) is 41.8 Å². The highest BCUT2D eigenvalue weighted by molar-refractivity contribution is 6.31. The van der Waals surface area contributed by atoms with E-state index in [0.717, 1.165) is 36.3 Å². The van der Waals surface area contributed by atoms with E-state index in [4.69, 9.17) is 22.3 Å². The fraction of sp³-hybridized carbons (Fsp3) is 0.391. The summed E-state index contributed by atoms with van der Waals surface area (Å²) in [5.41, 5.74) is 8.71. The van der Waals surface area contributed by atoms with E-state index in [2.05, 4.69) is 19.1 Å². The van der Waals surface area contributed by atoms with Crippen molar-refractivity contribution >= 4 is 22.5 Å². The summed E-state index contributed by atoms with van der Waals surface area (Å²) in [6, 6.07) is 13.5. The Morgan fingerprint density at radius 1 is 1.18 bits per heavy atom. The molecule has 2 N–H and O–H groups in total. The van der Waals surface area contributed by atoms with Gasteiger partial charge in [-0.25, -0.2) is 4.98 Å².